The van der Waals surface area contributed by atoms with Crippen LogP contribution in [0.5, 0.6) is 0 Å². The highest BCUT2D eigenvalue weighted by Gasteiger charge is 2.16. The second-order valence-electron chi connectivity index (χ2n) is 4.70. The maximum Gasteiger partial charge on any atom is 0.150 e. The van der Waals surface area contributed by atoms with Crippen LogP contribution in [0.25, 0.3) is 10.6 Å². The lowest BCUT2D eigenvalue weighted by molar-refractivity contribution is 0.564. The molecule has 20 heavy (non-hydrogen) atoms. The second-order valence-corrected chi connectivity index (χ2v) is 5.71. The molecule has 2 aromatic rings. The number of halogens is 2. The number of aromatic nitrogens is 2. The van der Waals surface area contributed by atoms with Gasteiger partial charge in [-0.1, -0.05) is 18.3 Å². The molecule has 1 unspecified atom stereocenters. The molecule has 0 saturated carbocycles. The summed E-state index contributed by atoms with van der Waals surface area (Å²) in [7, 11) is 0. The first-order chi connectivity index (χ1) is 9.52. The smallest absolute Gasteiger partial charge is 0.150 e. The van der Waals surface area contributed by atoms with E-state index < -0.39 is 11.6 Å². The third-order valence-electron chi connectivity index (χ3n) is 2.99. The fraction of sp³-hybridized carbons (Fsp3) is 0.429. The van der Waals surface area contributed by atoms with Gasteiger partial charge in [-0.2, -0.15) is 0 Å². The monoisotopic (exact) mass is 297 g/mol. The molecule has 0 aliphatic heterocycles. The number of benzene rings is 1. The van der Waals surface area contributed by atoms with E-state index in [1.807, 2.05) is 6.92 Å². The maximum absolute atomic E-state index is 13.8. The zero-order valence-corrected chi connectivity index (χ0v) is 12.5. The third kappa shape index (κ3) is 3.19. The number of nitrogens with zero attached hydrogens (tertiary/aromatic N) is 2. The summed E-state index contributed by atoms with van der Waals surface area (Å²) in [5, 5.41) is 12.7. The van der Waals surface area contributed by atoms with Gasteiger partial charge in [0.05, 0.1) is 6.04 Å². The first kappa shape index (κ1) is 15.0. The van der Waals surface area contributed by atoms with Gasteiger partial charge in [-0.3, -0.25) is 0 Å². The van der Waals surface area contributed by atoms with Crippen LogP contribution < -0.4 is 5.32 Å². The molecule has 2 rings (SSSR count). The Hall–Kier alpha value is -1.40. The molecule has 0 radical (unpaired) electrons. The van der Waals surface area contributed by atoms with E-state index >= 15 is 0 Å². The zero-order valence-electron chi connectivity index (χ0n) is 11.7. The molecule has 0 bridgehead atoms. The summed E-state index contributed by atoms with van der Waals surface area (Å²) < 4.78 is 27.1. The van der Waals surface area contributed by atoms with Crippen LogP contribution in [0.15, 0.2) is 12.1 Å². The molecule has 0 amide bonds. The molecule has 1 atom stereocenters. The highest BCUT2D eigenvalue weighted by molar-refractivity contribution is 7.14. The minimum atomic E-state index is -0.607. The Morgan fingerprint density at radius 1 is 1.25 bits per heavy atom. The molecule has 0 saturated heterocycles. The Balaban J connectivity index is 2.27. The molecular weight excluding hydrogens is 280 g/mol. The molecule has 1 N–H and O–H groups in total. The lowest BCUT2D eigenvalue weighted by atomic mass is 10.1. The first-order valence-corrected chi connectivity index (χ1v) is 7.37. The normalized spacial score (nSPS) is 12.7. The van der Waals surface area contributed by atoms with Crippen molar-refractivity contribution in [2.75, 3.05) is 6.54 Å². The number of nitrogens with one attached hydrogen (secondary N) is 1. The van der Waals surface area contributed by atoms with Crippen LogP contribution in [0.1, 0.15) is 36.9 Å². The van der Waals surface area contributed by atoms with Crippen LogP contribution in [0.3, 0.4) is 0 Å². The summed E-state index contributed by atoms with van der Waals surface area (Å²) in [6, 6.07) is 2.44. The Morgan fingerprint density at radius 3 is 2.70 bits per heavy atom. The van der Waals surface area contributed by atoms with Gasteiger partial charge in [0, 0.05) is 11.6 Å². The summed E-state index contributed by atoms with van der Waals surface area (Å²) in [5.41, 5.74) is 0.700. The molecule has 0 spiro atoms. The van der Waals surface area contributed by atoms with E-state index in [-0.39, 0.29) is 6.04 Å². The van der Waals surface area contributed by atoms with Crippen LogP contribution in [-0.2, 0) is 0 Å². The minimum absolute atomic E-state index is 0.0748. The van der Waals surface area contributed by atoms with E-state index in [1.54, 1.807) is 6.92 Å². The molecule has 0 fully saturated rings. The Kier molecular flexibility index (Phi) is 4.77. The average Bonchev–Trinajstić information content (AvgIpc) is 2.89. The Bertz CT molecular complexity index is 598. The van der Waals surface area contributed by atoms with E-state index in [9.17, 15) is 8.78 Å². The van der Waals surface area contributed by atoms with E-state index in [2.05, 4.69) is 22.4 Å². The molecule has 1 aromatic heterocycles. The maximum atomic E-state index is 13.8. The fourth-order valence-electron chi connectivity index (χ4n) is 1.79. The van der Waals surface area contributed by atoms with E-state index in [0.29, 0.717) is 16.1 Å². The van der Waals surface area contributed by atoms with Crippen LogP contribution in [-0.4, -0.2) is 16.7 Å². The zero-order chi connectivity index (χ0) is 14.7. The third-order valence-corrected chi connectivity index (χ3v) is 4.13. The molecule has 108 valence electrons. The number of aryl methyl sites for hydroxylation is 1. The van der Waals surface area contributed by atoms with Gasteiger partial charge in [0.15, 0.2) is 5.01 Å². The second kappa shape index (κ2) is 6.37. The summed E-state index contributed by atoms with van der Waals surface area (Å²) in [6.07, 6.45) is 1.03. The average molecular weight is 297 g/mol. The Labute approximate surface area is 121 Å². The molecule has 0 aliphatic carbocycles. The van der Waals surface area contributed by atoms with Crippen molar-refractivity contribution in [1.82, 2.24) is 15.5 Å². The van der Waals surface area contributed by atoms with Gasteiger partial charge >= 0.3 is 0 Å². The molecule has 3 nitrogen and oxygen atoms in total. The highest BCUT2D eigenvalue weighted by atomic mass is 32.1. The summed E-state index contributed by atoms with van der Waals surface area (Å²) in [4.78, 5) is 0. The van der Waals surface area contributed by atoms with Crippen LogP contribution in [0, 0.1) is 18.6 Å². The number of hydrogen-bond acceptors (Lipinski definition) is 4. The minimum Gasteiger partial charge on any atom is -0.308 e. The van der Waals surface area contributed by atoms with Crippen molar-refractivity contribution >= 4 is 11.3 Å². The Morgan fingerprint density at radius 2 is 2.00 bits per heavy atom. The van der Waals surface area contributed by atoms with Crippen molar-refractivity contribution in [2.45, 2.75) is 33.2 Å². The van der Waals surface area contributed by atoms with Crippen molar-refractivity contribution in [2.24, 2.45) is 0 Å². The van der Waals surface area contributed by atoms with Gasteiger partial charge in [-0.15, -0.1) is 10.2 Å². The van der Waals surface area contributed by atoms with E-state index in [0.717, 1.165) is 24.0 Å². The van der Waals surface area contributed by atoms with Gasteiger partial charge < -0.3 is 5.32 Å². The lowest BCUT2D eigenvalue weighted by Crippen LogP contribution is -2.18. The van der Waals surface area contributed by atoms with Gasteiger partial charge in [-0.05, 0) is 38.4 Å². The van der Waals surface area contributed by atoms with Crippen LogP contribution >= 0.6 is 11.3 Å². The largest absolute Gasteiger partial charge is 0.308 e. The van der Waals surface area contributed by atoms with Crippen molar-refractivity contribution < 1.29 is 8.78 Å². The van der Waals surface area contributed by atoms with Gasteiger partial charge in [-0.25, -0.2) is 8.78 Å². The SMILES string of the molecule is CCCNC(C)c1nnc(-c2cc(C)c(F)cc2F)s1. The molecule has 6 heteroatoms. The van der Waals surface area contributed by atoms with Gasteiger partial charge in [0.25, 0.3) is 0 Å². The standard InChI is InChI=1S/C14H17F2N3S/c1-4-5-17-9(3)13-18-19-14(20-13)10-6-8(2)11(15)7-12(10)16/h6-7,9,17H,4-5H2,1-3H3. The predicted molar refractivity (Wildman–Crippen MR) is 76.7 cm³/mol. The van der Waals surface area contributed by atoms with Crippen molar-refractivity contribution in [3.05, 3.63) is 34.3 Å². The van der Waals surface area contributed by atoms with Gasteiger partial charge in [0.1, 0.15) is 16.6 Å². The van der Waals surface area contributed by atoms with E-state index in [4.69, 9.17) is 0 Å². The fourth-order valence-corrected chi connectivity index (χ4v) is 2.68. The highest BCUT2D eigenvalue weighted by Crippen LogP contribution is 2.30. The summed E-state index contributed by atoms with van der Waals surface area (Å²) in [5.74, 6) is -1.15. The predicted octanol–water partition coefficient (Wildman–Crippen LogP) is 3.85. The van der Waals surface area contributed by atoms with Crippen molar-refractivity contribution in [3.8, 4) is 10.6 Å². The number of hydrogen-bond donors (Lipinski definition) is 1. The summed E-state index contributed by atoms with van der Waals surface area (Å²) in [6.45, 7) is 6.57. The van der Waals surface area contributed by atoms with E-state index in [1.165, 1.54) is 17.4 Å². The summed E-state index contributed by atoms with van der Waals surface area (Å²) >= 11 is 1.33. The van der Waals surface area contributed by atoms with Crippen molar-refractivity contribution in [3.63, 3.8) is 0 Å². The molecular formula is C14H17F2N3S. The van der Waals surface area contributed by atoms with Crippen LogP contribution in [0.2, 0.25) is 0 Å². The quantitative estimate of drug-likeness (QED) is 0.911. The lowest BCUT2D eigenvalue weighted by Gasteiger charge is -2.08. The van der Waals surface area contributed by atoms with Crippen molar-refractivity contribution in [1.29, 1.82) is 0 Å². The molecule has 1 heterocycles. The molecule has 0 aliphatic rings. The topological polar surface area (TPSA) is 37.8 Å². The number of rotatable bonds is 5. The molecule has 1 aromatic carbocycles. The van der Waals surface area contributed by atoms with Gasteiger partial charge in [0.2, 0.25) is 0 Å². The first-order valence-electron chi connectivity index (χ1n) is 6.55. The van der Waals surface area contributed by atoms with Crippen LogP contribution in [0.4, 0.5) is 8.78 Å².